The number of hydrogen-bond acceptors (Lipinski definition) is 3. The Morgan fingerprint density at radius 1 is 1.29 bits per heavy atom. The van der Waals surface area contributed by atoms with Crippen LogP contribution in [0.1, 0.15) is 30.9 Å². The van der Waals surface area contributed by atoms with Gasteiger partial charge in [0.15, 0.2) is 0 Å². The van der Waals surface area contributed by atoms with Gasteiger partial charge < -0.3 is 9.73 Å². The highest BCUT2D eigenvalue weighted by Crippen LogP contribution is 2.31. The summed E-state index contributed by atoms with van der Waals surface area (Å²) in [6.45, 7) is 7.21. The van der Waals surface area contributed by atoms with Crippen LogP contribution in [0, 0.1) is 12.3 Å². The Bertz CT molecular complexity index is 701. The molecule has 0 bridgehead atoms. The van der Waals surface area contributed by atoms with Crippen molar-refractivity contribution in [1.82, 2.24) is 0 Å². The van der Waals surface area contributed by atoms with E-state index in [1.54, 1.807) is 0 Å². The smallest absolute Gasteiger partial charge is 0.136 e. The molecule has 0 fully saturated rings. The van der Waals surface area contributed by atoms with E-state index in [4.69, 9.17) is 9.41 Å². The zero-order valence-corrected chi connectivity index (χ0v) is 14.1. The normalized spacial score (nSPS) is 16.9. The molecule has 0 spiro atoms. The number of nitrogens with one attached hydrogen (secondary N) is 1. The van der Waals surface area contributed by atoms with Crippen molar-refractivity contribution >= 4 is 27.5 Å². The molecular weight excluding hydrogens is 328 g/mol. The quantitative estimate of drug-likeness (QED) is 0.805. The summed E-state index contributed by atoms with van der Waals surface area (Å²) in [4.78, 5) is 4.79. The molecule has 2 aromatic rings. The molecule has 3 nitrogen and oxygen atoms in total. The molecule has 0 radical (unpaired) electrons. The van der Waals surface area contributed by atoms with Gasteiger partial charge in [0.1, 0.15) is 17.4 Å². The molecule has 0 unspecified atom stereocenters. The molecule has 1 aromatic heterocycles. The minimum absolute atomic E-state index is 0.108. The van der Waals surface area contributed by atoms with Gasteiger partial charge in [0.2, 0.25) is 0 Å². The number of aryl methyl sites for hydroxylation is 1. The van der Waals surface area contributed by atoms with Gasteiger partial charge in [-0.1, -0.05) is 26.0 Å². The summed E-state index contributed by atoms with van der Waals surface area (Å²) >= 11 is 3.57. The summed E-state index contributed by atoms with van der Waals surface area (Å²) in [7, 11) is 0. The molecule has 0 amide bonds. The van der Waals surface area contributed by atoms with Crippen molar-refractivity contribution in [2.45, 2.75) is 27.2 Å². The molecule has 0 saturated carbocycles. The van der Waals surface area contributed by atoms with Gasteiger partial charge >= 0.3 is 0 Å². The molecule has 2 heterocycles. The van der Waals surface area contributed by atoms with E-state index in [-0.39, 0.29) is 5.41 Å². The van der Waals surface area contributed by atoms with Crippen LogP contribution in [0.2, 0.25) is 0 Å². The Labute approximate surface area is 133 Å². The fraction of sp³-hybridized carbons (Fsp3) is 0.353. The average Bonchev–Trinajstić information content (AvgIpc) is 2.71. The Balaban J connectivity index is 2.01. The van der Waals surface area contributed by atoms with Crippen molar-refractivity contribution < 1.29 is 4.42 Å². The highest BCUT2D eigenvalue weighted by Gasteiger charge is 2.28. The summed E-state index contributed by atoms with van der Waals surface area (Å²) in [5.74, 6) is 2.84. The Morgan fingerprint density at radius 3 is 2.81 bits per heavy atom. The van der Waals surface area contributed by atoms with Crippen LogP contribution in [0.3, 0.4) is 0 Å². The number of nitrogens with zero attached hydrogens (tertiary/aromatic N) is 1. The molecule has 1 aromatic carbocycles. The van der Waals surface area contributed by atoms with Gasteiger partial charge in [-0.05, 0) is 46.5 Å². The fourth-order valence-electron chi connectivity index (χ4n) is 2.56. The SMILES string of the molecule is Cc1cc2c(o1)CC(C)(C)CN=C2Nc1ccccc1Br. The maximum absolute atomic E-state index is 5.89. The van der Waals surface area contributed by atoms with E-state index in [1.807, 2.05) is 31.2 Å². The van der Waals surface area contributed by atoms with E-state index in [9.17, 15) is 0 Å². The number of para-hydroxylation sites is 1. The fourth-order valence-corrected chi connectivity index (χ4v) is 2.94. The van der Waals surface area contributed by atoms with Crippen molar-refractivity contribution in [1.29, 1.82) is 0 Å². The van der Waals surface area contributed by atoms with Crippen LogP contribution in [0.4, 0.5) is 5.69 Å². The summed E-state index contributed by atoms with van der Waals surface area (Å²) in [6.07, 6.45) is 0.904. The molecule has 0 atom stereocenters. The summed E-state index contributed by atoms with van der Waals surface area (Å²) < 4.78 is 6.91. The molecule has 1 aliphatic rings. The van der Waals surface area contributed by atoms with E-state index in [1.165, 1.54) is 0 Å². The van der Waals surface area contributed by atoms with E-state index >= 15 is 0 Å². The van der Waals surface area contributed by atoms with Crippen molar-refractivity contribution in [3.8, 4) is 0 Å². The number of aliphatic imine (C=N–C) groups is 1. The van der Waals surface area contributed by atoms with Gasteiger partial charge in [-0.3, -0.25) is 4.99 Å². The maximum atomic E-state index is 5.89. The lowest BCUT2D eigenvalue weighted by Gasteiger charge is -2.19. The van der Waals surface area contributed by atoms with E-state index < -0.39 is 0 Å². The summed E-state index contributed by atoms with van der Waals surface area (Å²) in [5, 5.41) is 3.44. The van der Waals surface area contributed by atoms with Gasteiger partial charge in [0, 0.05) is 17.4 Å². The number of fused-ring (bicyclic) bond motifs is 1. The van der Waals surface area contributed by atoms with Crippen LogP contribution >= 0.6 is 15.9 Å². The number of anilines is 1. The molecular formula is C17H19BrN2O. The number of furan rings is 1. The third-order valence-corrected chi connectivity index (χ3v) is 4.31. The first-order valence-corrected chi connectivity index (χ1v) is 7.90. The van der Waals surface area contributed by atoms with Gasteiger partial charge in [-0.25, -0.2) is 0 Å². The van der Waals surface area contributed by atoms with Crippen LogP contribution < -0.4 is 5.32 Å². The zero-order chi connectivity index (χ0) is 15.0. The second-order valence-corrected chi connectivity index (χ2v) is 7.16. The van der Waals surface area contributed by atoms with Crippen LogP contribution in [0.15, 0.2) is 44.2 Å². The number of amidine groups is 1. The second kappa shape index (κ2) is 5.34. The number of halogens is 1. The first-order valence-electron chi connectivity index (χ1n) is 7.10. The first kappa shape index (κ1) is 14.4. The van der Waals surface area contributed by atoms with Crippen molar-refractivity contribution in [2.75, 3.05) is 11.9 Å². The van der Waals surface area contributed by atoms with Gasteiger partial charge in [-0.2, -0.15) is 0 Å². The maximum Gasteiger partial charge on any atom is 0.136 e. The highest BCUT2D eigenvalue weighted by atomic mass is 79.9. The van der Waals surface area contributed by atoms with E-state index in [2.05, 4.69) is 41.2 Å². The Kier molecular flexibility index (Phi) is 3.66. The average molecular weight is 347 g/mol. The van der Waals surface area contributed by atoms with Gasteiger partial charge in [0.05, 0.1) is 11.3 Å². The van der Waals surface area contributed by atoms with Crippen molar-refractivity contribution in [3.63, 3.8) is 0 Å². The molecule has 21 heavy (non-hydrogen) atoms. The van der Waals surface area contributed by atoms with E-state index in [0.717, 1.165) is 46.0 Å². The van der Waals surface area contributed by atoms with Crippen LogP contribution in [0.5, 0.6) is 0 Å². The van der Waals surface area contributed by atoms with Gasteiger partial charge in [0.25, 0.3) is 0 Å². The number of benzene rings is 1. The molecule has 0 saturated heterocycles. The minimum Gasteiger partial charge on any atom is -0.466 e. The second-order valence-electron chi connectivity index (χ2n) is 6.30. The van der Waals surface area contributed by atoms with Crippen LogP contribution in [-0.2, 0) is 6.42 Å². The third-order valence-electron chi connectivity index (χ3n) is 3.62. The lowest BCUT2D eigenvalue weighted by atomic mass is 9.88. The molecule has 4 heteroatoms. The molecule has 1 aliphatic heterocycles. The topological polar surface area (TPSA) is 37.5 Å². The van der Waals surface area contributed by atoms with Crippen LogP contribution in [-0.4, -0.2) is 12.4 Å². The molecule has 1 N–H and O–H groups in total. The Morgan fingerprint density at radius 2 is 2.05 bits per heavy atom. The monoisotopic (exact) mass is 346 g/mol. The van der Waals surface area contributed by atoms with Gasteiger partial charge in [-0.15, -0.1) is 0 Å². The Hall–Kier alpha value is -1.55. The zero-order valence-electron chi connectivity index (χ0n) is 12.5. The minimum atomic E-state index is 0.108. The predicted octanol–water partition coefficient (Wildman–Crippen LogP) is 4.79. The van der Waals surface area contributed by atoms with Crippen LogP contribution in [0.25, 0.3) is 0 Å². The predicted molar refractivity (Wildman–Crippen MR) is 90.1 cm³/mol. The number of rotatable bonds is 1. The summed E-state index contributed by atoms with van der Waals surface area (Å²) in [5.41, 5.74) is 2.20. The van der Waals surface area contributed by atoms with Crippen molar-refractivity contribution in [2.24, 2.45) is 10.4 Å². The highest BCUT2D eigenvalue weighted by molar-refractivity contribution is 9.10. The first-order chi connectivity index (χ1) is 9.94. The largest absolute Gasteiger partial charge is 0.466 e. The lowest BCUT2D eigenvalue weighted by Crippen LogP contribution is -2.18. The van der Waals surface area contributed by atoms with Crippen molar-refractivity contribution in [3.05, 3.63) is 51.9 Å². The third kappa shape index (κ3) is 3.05. The van der Waals surface area contributed by atoms with E-state index in [0.29, 0.717) is 0 Å². The summed E-state index contributed by atoms with van der Waals surface area (Å²) in [6, 6.07) is 10.1. The standard InChI is InChI=1S/C17H19BrN2O/c1-11-8-12-15(21-11)9-17(2,3)10-19-16(12)20-14-7-5-4-6-13(14)18/h4-8H,9-10H2,1-3H3,(H,19,20). The number of hydrogen-bond donors (Lipinski definition) is 1. The lowest BCUT2D eigenvalue weighted by molar-refractivity contribution is 0.339. The molecule has 3 rings (SSSR count). The molecule has 110 valence electrons. The molecule has 0 aliphatic carbocycles.